The third-order valence-electron chi connectivity index (χ3n) is 4.07. The minimum absolute atomic E-state index is 0.359. The van der Waals surface area contributed by atoms with Gasteiger partial charge in [0, 0.05) is 6.04 Å². The maximum absolute atomic E-state index is 9.72. The second kappa shape index (κ2) is 5.32. The number of hydrogen-bond acceptors (Lipinski definition) is 3. The largest absolute Gasteiger partial charge is 0.375 e. The van der Waals surface area contributed by atoms with Gasteiger partial charge in [0.25, 0.3) is 0 Å². The van der Waals surface area contributed by atoms with E-state index in [1.165, 1.54) is 19.3 Å². The van der Waals surface area contributed by atoms with Gasteiger partial charge in [-0.3, -0.25) is 5.32 Å². The van der Waals surface area contributed by atoms with Crippen LogP contribution in [0.15, 0.2) is 30.3 Å². The fourth-order valence-electron chi connectivity index (χ4n) is 2.42. The summed E-state index contributed by atoms with van der Waals surface area (Å²) in [7, 11) is 0. The molecule has 0 bridgehead atoms. The predicted octanol–water partition coefficient (Wildman–Crippen LogP) is 2.73. The summed E-state index contributed by atoms with van der Waals surface area (Å²) < 4.78 is 5.93. The monoisotopic (exact) mass is 256 g/mol. The first-order valence-electron chi connectivity index (χ1n) is 7.18. The predicted molar refractivity (Wildman–Crippen MR) is 73.5 cm³/mol. The summed E-state index contributed by atoms with van der Waals surface area (Å²) in [6, 6.07) is 12.9. The number of nitrogens with zero attached hydrogens (tertiary/aromatic N) is 1. The molecule has 2 aliphatic carbocycles. The second-order valence-corrected chi connectivity index (χ2v) is 5.67. The first-order valence-corrected chi connectivity index (χ1v) is 7.18. The average Bonchev–Trinajstić information content (AvgIpc) is 3.20. The smallest absolute Gasteiger partial charge is 0.156 e. The van der Waals surface area contributed by atoms with Gasteiger partial charge in [0.15, 0.2) is 5.54 Å². The summed E-state index contributed by atoms with van der Waals surface area (Å²) in [5, 5.41) is 13.2. The molecule has 3 heteroatoms. The van der Waals surface area contributed by atoms with Crippen LogP contribution >= 0.6 is 0 Å². The molecule has 0 aliphatic heterocycles. The van der Waals surface area contributed by atoms with Crippen molar-refractivity contribution >= 4 is 0 Å². The SMILES string of the molecule is N#CC(COC1CCC1)(NC1CC1)c1ccccc1. The highest BCUT2D eigenvalue weighted by Crippen LogP contribution is 2.31. The molecule has 0 spiro atoms. The van der Waals surface area contributed by atoms with Crippen molar-refractivity contribution in [1.29, 1.82) is 5.26 Å². The number of nitrogens with one attached hydrogen (secondary N) is 1. The Kier molecular flexibility index (Phi) is 3.54. The molecule has 2 aliphatic rings. The Morgan fingerprint density at radius 3 is 2.47 bits per heavy atom. The Hall–Kier alpha value is -1.37. The van der Waals surface area contributed by atoms with Crippen molar-refractivity contribution in [1.82, 2.24) is 5.32 Å². The maximum Gasteiger partial charge on any atom is 0.156 e. The molecule has 2 fully saturated rings. The first-order chi connectivity index (χ1) is 9.32. The minimum atomic E-state index is -0.683. The van der Waals surface area contributed by atoms with Crippen LogP contribution in [0.5, 0.6) is 0 Å². The Morgan fingerprint density at radius 1 is 1.21 bits per heavy atom. The lowest BCUT2D eigenvalue weighted by Gasteiger charge is -2.33. The molecular formula is C16H20N2O. The van der Waals surface area contributed by atoms with Gasteiger partial charge in [-0.2, -0.15) is 5.26 Å². The number of nitriles is 1. The van der Waals surface area contributed by atoms with Gasteiger partial charge in [0.2, 0.25) is 0 Å². The fraction of sp³-hybridized carbons (Fsp3) is 0.562. The molecule has 0 radical (unpaired) electrons. The highest BCUT2D eigenvalue weighted by Gasteiger charge is 2.39. The summed E-state index contributed by atoms with van der Waals surface area (Å²) >= 11 is 0. The summed E-state index contributed by atoms with van der Waals surface area (Å²) in [6.45, 7) is 0.453. The van der Waals surface area contributed by atoms with E-state index in [0.29, 0.717) is 18.8 Å². The van der Waals surface area contributed by atoms with E-state index in [1.807, 2.05) is 30.3 Å². The van der Waals surface area contributed by atoms with Gasteiger partial charge in [-0.1, -0.05) is 30.3 Å². The van der Waals surface area contributed by atoms with E-state index >= 15 is 0 Å². The van der Waals surface area contributed by atoms with E-state index in [-0.39, 0.29) is 0 Å². The molecule has 2 saturated carbocycles. The van der Waals surface area contributed by atoms with Crippen LogP contribution in [0.3, 0.4) is 0 Å². The van der Waals surface area contributed by atoms with Gasteiger partial charge in [-0.05, 0) is 37.7 Å². The Bertz CT molecular complexity index is 459. The lowest BCUT2D eigenvalue weighted by molar-refractivity contribution is -0.0210. The zero-order chi connectivity index (χ0) is 13.1. The van der Waals surface area contributed by atoms with Crippen LogP contribution in [0.1, 0.15) is 37.7 Å². The zero-order valence-electron chi connectivity index (χ0n) is 11.1. The molecule has 3 nitrogen and oxygen atoms in total. The molecule has 1 aromatic carbocycles. The van der Waals surface area contributed by atoms with Gasteiger partial charge < -0.3 is 4.74 Å². The number of rotatable bonds is 6. The maximum atomic E-state index is 9.72. The van der Waals surface area contributed by atoms with Crippen molar-refractivity contribution < 1.29 is 4.74 Å². The average molecular weight is 256 g/mol. The summed E-state index contributed by atoms with van der Waals surface area (Å²) in [4.78, 5) is 0. The van der Waals surface area contributed by atoms with Crippen LogP contribution in [-0.2, 0) is 10.3 Å². The third kappa shape index (κ3) is 2.80. The number of hydrogen-bond donors (Lipinski definition) is 1. The van der Waals surface area contributed by atoms with Crippen LogP contribution in [-0.4, -0.2) is 18.8 Å². The quantitative estimate of drug-likeness (QED) is 0.851. The van der Waals surface area contributed by atoms with Gasteiger partial charge in [0.1, 0.15) is 0 Å². The van der Waals surface area contributed by atoms with E-state index in [9.17, 15) is 5.26 Å². The molecule has 0 aromatic heterocycles. The van der Waals surface area contributed by atoms with Crippen molar-refractivity contribution in [3.05, 3.63) is 35.9 Å². The van der Waals surface area contributed by atoms with Crippen molar-refractivity contribution in [2.45, 2.75) is 49.8 Å². The molecule has 3 rings (SSSR count). The third-order valence-corrected chi connectivity index (χ3v) is 4.07. The first kappa shape index (κ1) is 12.7. The van der Waals surface area contributed by atoms with Crippen molar-refractivity contribution in [2.75, 3.05) is 6.61 Å². The number of ether oxygens (including phenoxy) is 1. The molecule has 1 unspecified atom stereocenters. The molecular weight excluding hydrogens is 236 g/mol. The molecule has 0 heterocycles. The van der Waals surface area contributed by atoms with Crippen molar-refractivity contribution in [3.63, 3.8) is 0 Å². The summed E-state index contributed by atoms with van der Waals surface area (Å²) in [6.07, 6.45) is 6.22. The van der Waals surface area contributed by atoms with E-state index in [0.717, 1.165) is 18.4 Å². The van der Waals surface area contributed by atoms with Gasteiger partial charge in [-0.15, -0.1) is 0 Å². The minimum Gasteiger partial charge on any atom is -0.375 e. The normalized spacial score (nSPS) is 22.3. The topological polar surface area (TPSA) is 45.0 Å². The fourth-order valence-corrected chi connectivity index (χ4v) is 2.42. The Labute approximate surface area is 114 Å². The van der Waals surface area contributed by atoms with E-state index in [1.54, 1.807) is 0 Å². The molecule has 1 N–H and O–H groups in total. The van der Waals surface area contributed by atoms with Crippen LogP contribution in [0.25, 0.3) is 0 Å². The number of benzene rings is 1. The molecule has 0 amide bonds. The molecule has 19 heavy (non-hydrogen) atoms. The molecule has 100 valence electrons. The molecule has 0 saturated heterocycles. The van der Waals surface area contributed by atoms with Crippen LogP contribution in [0, 0.1) is 11.3 Å². The zero-order valence-corrected chi connectivity index (χ0v) is 11.1. The molecule has 1 aromatic rings. The lowest BCUT2D eigenvalue weighted by atomic mass is 9.91. The van der Waals surface area contributed by atoms with Crippen molar-refractivity contribution in [2.24, 2.45) is 0 Å². The summed E-state index contributed by atoms with van der Waals surface area (Å²) in [5.41, 5.74) is 0.335. The standard InChI is InChI=1S/C16H20N2O/c17-11-16(18-14-9-10-14,12-19-15-7-4-8-15)13-5-2-1-3-6-13/h1-3,5-6,14-15,18H,4,7-10,12H2. The molecule has 1 atom stereocenters. The lowest BCUT2D eigenvalue weighted by Crippen LogP contribution is -2.47. The Morgan fingerprint density at radius 2 is 1.95 bits per heavy atom. The highest BCUT2D eigenvalue weighted by molar-refractivity contribution is 5.32. The van der Waals surface area contributed by atoms with Gasteiger partial charge in [-0.25, -0.2) is 0 Å². The summed E-state index contributed by atoms with van der Waals surface area (Å²) in [5.74, 6) is 0. The van der Waals surface area contributed by atoms with Crippen LogP contribution < -0.4 is 5.32 Å². The van der Waals surface area contributed by atoms with E-state index < -0.39 is 5.54 Å². The van der Waals surface area contributed by atoms with Gasteiger partial charge in [0.05, 0.1) is 18.8 Å². The second-order valence-electron chi connectivity index (χ2n) is 5.67. The van der Waals surface area contributed by atoms with Crippen molar-refractivity contribution in [3.8, 4) is 6.07 Å². The van der Waals surface area contributed by atoms with Crippen LogP contribution in [0.4, 0.5) is 0 Å². The van der Waals surface area contributed by atoms with Gasteiger partial charge >= 0.3 is 0 Å². The highest BCUT2D eigenvalue weighted by atomic mass is 16.5. The van der Waals surface area contributed by atoms with Crippen LogP contribution in [0.2, 0.25) is 0 Å². The van der Waals surface area contributed by atoms with E-state index in [4.69, 9.17) is 4.74 Å². The van der Waals surface area contributed by atoms with E-state index in [2.05, 4.69) is 11.4 Å². The Balaban J connectivity index is 1.77.